The average Bonchev–Trinajstić information content (AvgIpc) is 2.77. The smallest absolute Gasteiger partial charge is 0.242 e. The lowest BCUT2D eigenvalue weighted by atomic mass is 9.90. The van der Waals surface area contributed by atoms with Crippen molar-refractivity contribution in [2.75, 3.05) is 25.4 Å². The molecule has 4 rings (SSSR count). The molecule has 1 fully saturated rings. The summed E-state index contributed by atoms with van der Waals surface area (Å²) in [5.74, 6) is 1.06. The fourth-order valence-corrected chi connectivity index (χ4v) is 4.85. The number of carbonyl (C=O) groups is 2. The van der Waals surface area contributed by atoms with E-state index < -0.39 is 0 Å². The lowest BCUT2D eigenvalue weighted by Gasteiger charge is -2.35. The molecule has 0 saturated carbocycles. The highest BCUT2D eigenvalue weighted by molar-refractivity contribution is 8.03. The first kappa shape index (κ1) is 19.8. The Bertz CT molecular complexity index is 874. The Morgan fingerprint density at radius 3 is 2.31 bits per heavy atom. The molecular formula is C24H26N2O2S. The van der Waals surface area contributed by atoms with Gasteiger partial charge in [-0.1, -0.05) is 60.7 Å². The molecule has 0 radical (unpaired) electrons. The van der Waals surface area contributed by atoms with E-state index >= 15 is 0 Å². The number of nitrogens with zero attached hydrogens (tertiary/aromatic N) is 2. The number of hydrogen-bond acceptors (Lipinski definition) is 3. The van der Waals surface area contributed by atoms with Crippen LogP contribution >= 0.6 is 11.8 Å². The van der Waals surface area contributed by atoms with Gasteiger partial charge in [-0.05, 0) is 41.7 Å². The standard InChI is InChI=1S/C24H26N2O2S/c27-23(25-13-11-20(12-14-25)15-19-7-3-1-4-8-19)16-26-22(17-29-18-24(26)28)21-9-5-2-6-10-21/h1-10,17,20H,11-16,18H2. The molecule has 150 valence electrons. The minimum absolute atomic E-state index is 0.00340. The molecule has 5 heteroatoms. The summed E-state index contributed by atoms with van der Waals surface area (Å²) in [6.07, 6.45) is 3.11. The molecule has 0 spiro atoms. The highest BCUT2D eigenvalue weighted by Crippen LogP contribution is 2.28. The summed E-state index contributed by atoms with van der Waals surface area (Å²) in [6.45, 7) is 1.68. The first-order valence-electron chi connectivity index (χ1n) is 10.2. The van der Waals surface area contributed by atoms with Crippen LogP contribution < -0.4 is 0 Å². The number of benzene rings is 2. The summed E-state index contributed by atoms with van der Waals surface area (Å²) in [4.78, 5) is 29.1. The normalized spacial score (nSPS) is 17.9. The van der Waals surface area contributed by atoms with Crippen molar-refractivity contribution in [3.05, 3.63) is 77.2 Å². The molecule has 29 heavy (non-hydrogen) atoms. The number of thioether (sulfide) groups is 1. The van der Waals surface area contributed by atoms with Gasteiger partial charge in [-0.2, -0.15) is 0 Å². The van der Waals surface area contributed by atoms with E-state index in [0.717, 1.165) is 43.6 Å². The van der Waals surface area contributed by atoms with E-state index in [2.05, 4.69) is 24.3 Å². The van der Waals surface area contributed by atoms with Crippen molar-refractivity contribution in [2.24, 2.45) is 5.92 Å². The SMILES string of the molecule is O=C(CN1C(=O)CSC=C1c1ccccc1)N1CCC(Cc2ccccc2)CC1. The predicted octanol–water partition coefficient (Wildman–Crippen LogP) is 4.04. The second kappa shape index (κ2) is 9.31. The second-order valence-electron chi connectivity index (χ2n) is 7.67. The molecule has 2 amide bonds. The molecule has 0 aliphatic carbocycles. The zero-order chi connectivity index (χ0) is 20.1. The summed E-state index contributed by atoms with van der Waals surface area (Å²) >= 11 is 1.50. The van der Waals surface area contributed by atoms with E-state index in [9.17, 15) is 9.59 Å². The van der Waals surface area contributed by atoms with Crippen LogP contribution in [0.2, 0.25) is 0 Å². The van der Waals surface area contributed by atoms with E-state index in [4.69, 9.17) is 0 Å². The Morgan fingerprint density at radius 2 is 1.62 bits per heavy atom. The first-order chi connectivity index (χ1) is 14.2. The van der Waals surface area contributed by atoms with Crippen molar-refractivity contribution in [3.63, 3.8) is 0 Å². The van der Waals surface area contributed by atoms with E-state index in [0.29, 0.717) is 11.7 Å². The third-order valence-electron chi connectivity index (χ3n) is 5.69. The second-order valence-corrected chi connectivity index (χ2v) is 8.53. The van der Waals surface area contributed by atoms with Crippen LogP contribution in [0.4, 0.5) is 0 Å². The summed E-state index contributed by atoms with van der Waals surface area (Å²) < 4.78 is 0. The molecule has 2 aromatic rings. The van der Waals surface area contributed by atoms with Gasteiger partial charge in [0.2, 0.25) is 11.8 Å². The molecular weight excluding hydrogens is 380 g/mol. The van der Waals surface area contributed by atoms with Gasteiger partial charge in [-0.25, -0.2) is 0 Å². The molecule has 2 aromatic carbocycles. The summed E-state index contributed by atoms with van der Waals surface area (Å²) in [6, 6.07) is 20.4. The molecule has 0 unspecified atom stereocenters. The van der Waals surface area contributed by atoms with Crippen LogP contribution in [-0.4, -0.2) is 47.0 Å². The van der Waals surface area contributed by atoms with Gasteiger partial charge in [0.15, 0.2) is 0 Å². The van der Waals surface area contributed by atoms with Crippen molar-refractivity contribution in [2.45, 2.75) is 19.3 Å². The van der Waals surface area contributed by atoms with Gasteiger partial charge in [0.25, 0.3) is 0 Å². The van der Waals surface area contributed by atoms with Gasteiger partial charge in [-0.15, -0.1) is 11.8 Å². The van der Waals surface area contributed by atoms with Gasteiger partial charge < -0.3 is 9.80 Å². The predicted molar refractivity (Wildman–Crippen MR) is 118 cm³/mol. The van der Waals surface area contributed by atoms with Gasteiger partial charge >= 0.3 is 0 Å². The van der Waals surface area contributed by atoms with Crippen LogP contribution in [0.1, 0.15) is 24.0 Å². The minimum Gasteiger partial charge on any atom is -0.341 e. The molecule has 1 saturated heterocycles. The number of amides is 2. The Kier molecular flexibility index (Phi) is 6.35. The molecule has 0 bridgehead atoms. The van der Waals surface area contributed by atoms with Crippen molar-refractivity contribution in [1.82, 2.24) is 9.80 Å². The fraction of sp³-hybridized carbons (Fsp3) is 0.333. The van der Waals surface area contributed by atoms with E-state index in [1.165, 1.54) is 17.3 Å². The third-order valence-corrected chi connectivity index (χ3v) is 6.49. The molecule has 0 atom stereocenters. The Balaban J connectivity index is 1.36. The van der Waals surface area contributed by atoms with Crippen molar-refractivity contribution in [1.29, 1.82) is 0 Å². The quantitative estimate of drug-likeness (QED) is 0.752. The van der Waals surface area contributed by atoms with Gasteiger partial charge in [0, 0.05) is 13.1 Å². The summed E-state index contributed by atoms with van der Waals surface area (Å²) in [5, 5.41) is 2.00. The monoisotopic (exact) mass is 406 g/mol. The van der Waals surface area contributed by atoms with Gasteiger partial charge in [0.05, 0.1) is 11.4 Å². The van der Waals surface area contributed by atoms with E-state index in [-0.39, 0.29) is 18.4 Å². The van der Waals surface area contributed by atoms with Crippen LogP contribution in [0.25, 0.3) is 5.70 Å². The molecule has 4 nitrogen and oxygen atoms in total. The number of carbonyl (C=O) groups excluding carboxylic acids is 2. The summed E-state index contributed by atoms with van der Waals surface area (Å²) in [5.41, 5.74) is 3.17. The highest BCUT2D eigenvalue weighted by atomic mass is 32.2. The number of piperidine rings is 1. The number of hydrogen-bond donors (Lipinski definition) is 0. The maximum absolute atomic E-state index is 13.0. The van der Waals surface area contributed by atoms with Crippen LogP contribution in [0.3, 0.4) is 0 Å². The van der Waals surface area contributed by atoms with Gasteiger partial charge in [0.1, 0.15) is 6.54 Å². The van der Waals surface area contributed by atoms with Crippen LogP contribution in [-0.2, 0) is 16.0 Å². The van der Waals surface area contributed by atoms with Gasteiger partial charge in [-0.3, -0.25) is 9.59 Å². The lowest BCUT2D eigenvalue weighted by Crippen LogP contribution is -2.46. The first-order valence-corrected chi connectivity index (χ1v) is 11.2. The largest absolute Gasteiger partial charge is 0.341 e. The average molecular weight is 407 g/mol. The highest BCUT2D eigenvalue weighted by Gasteiger charge is 2.29. The molecule has 2 aliphatic heterocycles. The molecule has 2 aliphatic rings. The molecule has 2 heterocycles. The Labute approximate surface area is 176 Å². The number of rotatable bonds is 5. The zero-order valence-electron chi connectivity index (χ0n) is 16.5. The van der Waals surface area contributed by atoms with Crippen molar-refractivity contribution in [3.8, 4) is 0 Å². The topological polar surface area (TPSA) is 40.6 Å². The van der Waals surface area contributed by atoms with Crippen molar-refractivity contribution >= 4 is 29.3 Å². The van der Waals surface area contributed by atoms with Crippen molar-refractivity contribution < 1.29 is 9.59 Å². The third kappa shape index (κ3) is 4.91. The molecule has 0 N–H and O–H groups in total. The summed E-state index contributed by atoms with van der Waals surface area (Å²) in [7, 11) is 0. The van der Waals surface area contributed by atoms with Crippen LogP contribution in [0.5, 0.6) is 0 Å². The fourth-order valence-electron chi connectivity index (χ4n) is 4.04. The van der Waals surface area contributed by atoms with E-state index in [1.54, 1.807) is 4.90 Å². The minimum atomic E-state index is 0.00340. The Morgan fingerprint density at radius 1 is 0.966 bits per heavy atom. The zero-order valence-corrected chi connectivity index (χ0v) is 17.3. The lowest BCUT2D eigenvalue weighted by molar-refractivity contribution is -0.137. The maximum atomic E-state index is 13.0. The van der Waals surface area contributed by atoms with E-state index in [1.807, 2.05) is 46.7 Å². The van der Waals surface area contributed by atoms with Crippen LogP contribution in [0.15, 0.2) is 66.1 Å². The Hall–Kier alpha value is -2.53. The van der Waals surface area contributed by atoms with Crippen LogP contribution in [0, 0.1) is 5.92 Å². The molecule has 0 aromatic heterocycles. The number of likely N-dealkylation sites (tertiary alicyclic amines) is 1. The maximum Gasteiger partial charge on any atom is 0.242 e.